The molecule has 1 N–H and O–H groups in total. The summed E-state index contributed by atoms with van der Waals surface area (Å²) in [5, 5.41) is 2.92. The molecule has 2 aliphatic heterocycles. The van der Waals surface area contributed by atoms with Crippen LogP contribution in [-0.2, 0) is 19.1 Å². The van der Waals surface area contributed by atoms with E-state index < -0.39 is 0 Å². The van der Waals surface area contributed by atoms with Crippen LogP contribution in [0.25, 0.3) is 0 Å². The first kappa shape index (κ1) is 16.4. The zero-order chi connectivity index (χ0) is 15.2. The van der Waals surface area contributed by atoms with Gasteiger partial charge in [-0.2, -0.15) is 0 Å². The molecule has 2 rings (SSSR count). The Balaban J connectivity index is 1.67. The van der Waals surface area contributed by atoms with Gasteiger partial charge in [0.25, 0.3) is 5.91 Å². The first-order valence-corrected chi connectivity index (χ1v) is 7.85. The maximum atomic E-state index is 12.1. The number of nitrogens with one attached hydrogen (secondary N) is 1. The zero-order valence-corrected chi connectivity index (χ0v) is 13.0. The van der Waals surface area contributed by atoms with Gasteiger partial charge >= 0.3 is 0 Å². The number of amides is 1. The molecular weight excluding hydrogens is 272 g/mol. The van der Waals surface area contributed by atoms with Crippen molar-refractivity contribution in [1.82, 2.24) is 10.2 Å². The molecule has 6 heteroatoms. The molecule has 0 bridgehead atoms. The van der Waals surface area contributed by atoms with E-state index in [9.17, 15) is 9.59 Å². The second-order valence-electron chi connectivity index (χ2n) is 5.89. The maximum absolute atomic E-state index is 12.1. The minimum Gasteiger partial charge on any atom is -0.381 e. The van der Waals surface area contributed by atoms with E-state index in [2.05, 4.69) is 5.32 Å². The molecule has 1 amide bonds. The molecule has 0 aliphatic carbocycles. The van der Waals surface area contributed by atoms with Crippen molar-refractivity contribution in [2.75, 3.05) is 40.0 Å². The van der Waals surface area contributed by atoms with Gasteiger partial charge in [0.1, 0.15) is 0 Å². The van der Waals surface area contributed by atoms with Crippen molar-refractivity contribution in [2.45, 2.75) is 38.3 Å². The number of ketones is 1. The summed E-state index contributed by atoms with van der Waals surface area (Å²) in [5.74, 6) is -0.233. The van der Waals surface area contributed by atoms with E-state index in [4.69, 9.17) is 9.47 Å². The summed E-state index contributed by atoms with van der Waals surface area (Å²) in [4.78, 5) is 25.7. The van der Waals surface area contributed by atoms with Crippen LogP contribution in [0.15, 0.2) is 0 Å². The van der Waals surface area contributed by atoms with E-state index in [-0.39, 0.29) is 23.8 Å². The third-order valence-electron chi connectivity index (χ3n) is 4.18. The number of likely N-dealkylation sites (tertiary alicyclic amines) is 1. The second-order valence-corrected chi connectivity index (χ2v) is 5.89. The van der Waals surface area contributed by atoms with Gasteiger partial charge in [-0.15, -0.1) is 0 Å². The Morgan fingerprint density at radius 2 is 2.19 bits per heavy atom. The van der Waals surface area contributed by atoms with Crippen LogP contribution in [0.3, 0.4) is 0 Å². The Morgan fingerprint density at radius 3 is 2.76 bits per heavy atom. The Kier molecular flexibility index (Phi) is 6.14. The lowest BCUT2D eigenvalue weighted by Crippen LogP contribution is -2.59. The van der Waals surface area contributed by atoms with Crippen LogP contribution in [0.5, 0.6) is 0 Å². The molecule has 0 radical (unpaired) electrons. The Morgan fingerprint density at radius 1 is 1.43 bits per heavy atom. The Hall–Kier alpha value is -0.980. The fourth-order valence-electron chi connectivity index (χ4n) is 2.70. The molecule has 2 heterocycles. The van der Waals surface area contributed by atoms with Crippen LogP contribution in [0, 0.1) is 5.92 Å². The molecule has 120 valence electrons. The molecular formula is C15H26N2O4. The monoisotopic (exact) mass is 298 g/mol. The molecule has 6 nitrogen and oxygen atoms in total. The van der Waals surface area contributed by atoms with E-state index in [1.165, 1.54) is 0 Å². The lowest BCUT2D eigenvalue weighted by Gasteiger charge is -2.39. The van der Waals surface area contributed by atoms with Crippen LogP contribution < -0.4 is 5.32 Å². The maximum Gasteiger partial charge on any atom is 0.291 e. The normalized spacial score (nSPS) is 23.9. The standard InChI is InChI=1S/C15H26N2O4/c1-3-4-13(16-2)14(18)15(19)17-7-12(8-17)21-10-11-5-6-20-9-11/h11-13,16H,3-10H2,1-2H3. The summed E-state index contributed by atoms with van der Waals surface area (Å²) in [5.41, 5.74) is 0. The number of carbonyl (C=O) groups is 2. The van der Waals surface area contributed by atoms with Gasteiger partial charge in [0.15, 0.2) is 0 Å². The van der Waals surface area contributed by atoms with Gasteiger partial charge < -0.3 is 19.7 Å². The van der Waals surface area contributed by atoms with Crippen molar-refractivity contribution in [1.29, 1.82) is 0 Å². The number of hydrogen-bond acceptors (Lipinski definition) is 5. The molecule has 0 spiro atoms. The van der Waals surface area contributed by atoms with Gasteiger partial charge in [-0.25, -0.2) is 0 Å². The molecule has 0 aromatic carbocycles. The van der Waals surface area contributed by atoms with Gasteiger partial charge in [-0.05, 0) is 19.9 Å². The molecule has 2 unspecified atom stereocenters. The fourth-order valence-corrected chi connectivity index (χ4v) is 2.70. The average Bonchev–Trinajstić information content (AvgIpc) is 2.95. The smallest absolute Gasteiger partial charge is 0.291 e. The number of nitrogens with zero attached hydrogens (tertiary/aromatic N) is 1. The van der Waals surface area contributed by atoms with Crippen molar-refractivity contribution in [3.63, 3.8) is 0 Å². The van der Waals surface area contributed by atoms with Crippen molar-refractivity contribution in [3.8, 4) is 0 Å². The highest BCUT2D eigenvalue weighted by Gasteiger charge is 2.37. The largest absolute Gasteiger partial charge is 0.381 e. The molecule has 0 saturated carbocycles. The highest BCUT2D eigenvalue weighted by Crippen LogP contribution is 2.18. The number of likely N-dealkylation sites (N-methyl/N-ethyl adjacent to an activating group) is 1. The van der Waals surface area contributed by atoms with Crippen molar-refractivity contribution in [3.05, 3.63) is 0 Å². The topological polar surface area (TPSA) is 67.9 Å². The predicted molar refractivity (Wildman–Crippen MR) is 78.0 cm³/mol. The summed E-state index contributed by atoms with van der Waals surface area (Å²) in [6.45, 7) is 5.34. The van der Waals surface area contributed by atoms with E-state index in [0.717, 1.165) is 26.1 Å². The number of carbonyl (C=O) groups excluding carboxylic acids is 2. The Labute approximate surface area is 126 Å². The molecule has 21 heavy (non-hydrogen) atoms. The van der Waals surface area contributed by atoms with Gasteiger partial charge in [-0.3, -0.25) is 9.59 Å². The van der Waals surface area contributed by atoms with E-state index >= 15 is 0 Å². The van der Waals surface area contributed by atoms with Crippen LogP contribution >= 0.6 is 0 Å². The van der Waals surface area contributed by atoms with Gasteiger partial charge in [0, 0.05) is 25.6 Å². The summed E-state index contributed by atoms with van der Waals surface area (Å²) in [6, 6.07) is -0.363. The summed E-state index contributed by atoms with van der Waals surface area (Å²) in [6.07, 6.45) is 2.69. The average molecular weight is 298 g/mol. The van der Waals surface area contributed by atoms with Crippen LogP contribution in [0.2, 0.25) is 0 Å². The minimum absolute atomic E-state index is 0.0709. The molecule has 2 saturated heterocycles. The number of Topliss-reactive ketones (excluding diaryl/α,β-unsaturated/α-hetero) is 1. The predicted octanol–water partition coefficient (Wildman–Crippen LogP) is 0.208. The number of hydrogen-bond donors (Lipinski definition) is 1. The van der Waals surface area contributed by atoms with Gasteiger partial charge in [0.2, 0.25) is 5.78 Å². The zero-order valence-electron chi connectivity index (χ0n) is 13.0. The van der Waals surface area contributed by atoms with Crippen molar-refractivity contribution in [2.24, 2.45) is 5.92 Å². The van der Waals surface area contributed by atoms with E-state index in [0.29, 0.717) is 32.0 Å². The molecule has 2 atom stereocenters. The fraction of sp³-hybridized carbons (Fsp3) is 0.867. The van der Waals surface area contributed by atoms with Crippen LogP contribution in [0.4, 0.5) is 0 Å². The summed E-state index contributed by atoms with van der Waals surface area (Å²) >= 11 is 0. The lowest BCUT2D eigenvalue weighted by atomic mass is 10.0. The Bertz CT molecular complexity index is 363. The first-order valence-electron chi connectivity index (χ1n) is 7.85. The van der Waals surface area contributed by atoms with Crippen molar-refractivity contribution >= 4 is 11.7 Å². The highest BCUT2D eigenvalue weighted by atomic mass is 16.5. The third-order valence-corrected chi connectivity index (χ3v) is 4.18. The first-order chi connectivity index (χ1) is 10.2. The second kappa shape index (κ2) is 7.87. The summed E-state index contributed by atoms with van der Waals surface area (Å²) in [7, 11) is 1.72. The van der Waals surface area contributed by atoms with Crippen LogP contribution in [-0.4, -0.2) is 68.7 Å². The van der Waals surface area contributed by atoms with Gasteiger partial charge in [0.05, 0.1) is 25.4 Å². The van der Waals surface area contributed by atoms with E-state index in [1.807, 2.05) is 6.92 Å². The SMILES string of the molecule is CCCC(NC)C(=O)C(=O)N1CC(OCC2CCOC2)C1. The molecule has 0 aromatic rings. The van der Waals surface area contributed by atoms with Gasteiger partial charge in [-0.1, -0.05) is 13.3 Å². The third kappa shape index (κ3) is 4.25. The number of ether oxygens (including phenoxy) is 2. The molecule has 2 fully saturated rings. The molecule has 0 aromatic heterocycles. The molecule has 2 aliphatic rings. The number of rotatable bonds is 8. The van der Waals surface area contributed by atoms with Crippen molar-refractivity contribution < 1.29 is 19.1 Å². The van der Waals surface area contributed by atoms with E-state index in [1.54, 1.807) is 11.9 Å². The quantitative estimate of drug-likeness (QED) is 0.649. The van der Waals surface area contributed by atoms with Crippen LogP contribution in [0.1, 0.15) is 26.2 Å². The lowest BCUT2D eigenvalue weighted by molar-refractivity contribution is -0.155. The highest BCUT2D eigenvalue weighted by molar-refractivity contribution is 6.38. The summed E-state index contributed by atoms with van der Waals surface area (Å²) < 4.78 is 11.1. The minimum atomic E-state index is -0.383.